The summed E-state index contributed by atoms with van der Waals surface area (Å²) in [7, 11) is -10.4. The van der Waals surface area contributed by atoms with Gasteiger partial charge >= 0.3 is 0 Å². The lowest BCUT2D eigenvalue weighted by Gasteiger charge is -2.42. The van der Waals surface area contributed by atoms with E-state index >= 15 is 0 Å². The zero-order valence-corrected chi connectivity index (χ0v) is 28.6. The number of nitrogens with two attached hydrogens (primary N) is 4. The molecule has 0 aromatic heterocycles. The monoisotopic (exact) mass is 754 g/mol. The maximum atomic E-state index is 13.5. The molecule has 2 aliphatic rings. The smallest absolute Gasteiger partial charge is 0.281 e. The minimum absolute atomic E-state index is 0.00657. The van der Waals surface area contributed by atoms with E-state index in [-0.39, 0.29) is 66.2 Å². The van der Waals surface area contributed by atoms with Crippen LogP contribution >= 0.6 is 23.2 Å². The van der Waals surface area contributed by atoms with Crippen LogP contribution in [0.1, 0.15) is 33.4 Å². The van der Waals surface area contributed by atoms with Crippen molar-refractivity contribution in [3.05, 3.63) is 140 Å². The van der Waals surface area contributed by atoms with Crippen LogP contribution in [0.4, 0.5) is 0 Å². The molecule has 2 aliphatic carbocycles. The lowest BCUT2D eigenvalue weighted by molar-refractivity contribution is 0.422. The number of rotatable bonds is 7. The first kappa shape index (κ1) is 32.7. The number of nitrogens with zero attached hydrogens (tertiary/aromatic N) is 2. The van der Waals surface area contributed by atoms with Gasteiger partial charge in [0.05, 0.1) is 23.5 Å². The van der Waals surface area contributed by atoms with E-state index in [9.17, 15) is 25.9 Å². The molecule has 6 rings (SSSR count). The maximum Gasteiger partial charge on any atom is 0.281 e. The predicted molar refractivity (Wildman–Crippen MR) is 188 cm³/mol. The van der Waals surface area contributed by atoms with Crippen molar-refractivity contribution < 1.29 is 28.8 Å². The number of fused-ring (bicyclic) bond motifs is 2. The van der Waals surface area contributed by atoms with Gasteiger partial charge in [-0.25, -0.2) is 11.0 Å². The zero-order valence-electron chi connectivity index (χ0n) is 27.4. The van der Waals surface area contributed by atoms with Crippen molar-refractivity contribution in [2.45, 2.75) is 21.6 Å². The van der Waals surface area contributed by atoms with E-state index in [0.29, 0.717) is 11.1 Å². The summed E-state index contributed by atoms with van der Waals surface area (Å²) < 4.78 is 85.4. The van der Waals surface area contributed by atoms with Gasteiger partial charge in [0.1, 0.15) is 11.4 Å². The first-order chi connectivity index (χ1) is 24.5. The molecule has 12 N–H and O–H groups in total. The van der Waals surface area contributed by atoms with Gasteiger partial charge in [-0.15, -0.1) is 0 Å². The van der Waals surface area contributed by atoms with Gasteiger partial charge in [0.25, 0.3) is 20.2 Å². The molecule has 0 fully saturated rings. The van der Waals surface area contributed by atoms with Crippen LogP contribution in [0, 0.1) is 11.0 Å². The summed E-state index contributed by atoms with van der Waals surface area (Å²) in [5, 5.41) is 7.01. The molecule has 0 spiro atoms. The summed E-state index contributed by atoms with van der Waals surface area (Å²) in [6.07, 6.45) is 0. The molecule has 258 valence electrons. The average Bonchev–Trinajstić information content (AvgIpc) is 3.09. The average molecular weight is 756 g/mol. The van der Waals surface area contributed by atoms with E-state index in [1.807, 2.05) is 0 Å². The van der Waals surface area contributed by atoms with Crippen molar-refractivity contribution in [1.29, 1.82) is 11.0 Å². The largest absolute Gasteiger partial charge is 0.397 e. The Labute approximate surface area is 299 Å². The normalized spacial score (nSPS) is 24.7. The fourth-order valence-electron chi connectivity index (χ4n) is 7.14. The third-order valence-electron chi connectivity index (χ3n) is 9.35. The van der Waals surface area contributed by atoms with Crippen LogP contribution in [0.2, 0.25) is 12.9 Å². The quantitative estimate of drug-likeness (QED) is 0.0930. The first-order valence-corrected chi connectivity index (χ1v) is 18.1. The number of hydrogen-bond acceptors (Lipinski definition) is 12. The predicted octanol–water partition coefficient (Wildman–Crippen LogP) is 4.92. The van der Waals surface area contributed by atoms with Crippen LogP contribution in [0.3, 0.4) is 0 Å². The fourth-order valence-corrected chi connectivity index (χ4v) is 10.6. The summed E-state index contributed by atoms with van der Waals surface area (Å²) in [5.41, 5.74) is 31.7. The molecule has 18 heteroatoms. The summed E-state index contributed by atoms with van der Waals surface area (Å²) in [5.74, 6) is 0. The Hall–Kier alpha value is -4.52. The topological polar surface area (TPSA) is 285 Å². The molecule has 0 amide bonds. The number of benzene rings is 4. The van der Waals surface area contributed by atoms with Crippen LogP contribution < -0.4 is 22.9 Å². The SMILES string of the molecule is [H]/N=N/C1=C(N)c2ccccc2C(c2ccc(-c3ccc(C4(S(=O)(=O)O)c5ccccc5C(N)=C(/N=N/[H])C4N)c(Cl)c3)cc2Cl)(S(=O)(=O)O)C1N. The second-order valence-corrected chi connectivity index (χ2v) is 15.7. The Bertz CT molecular complexity index is 2350. The van der Waals surface area contributed by atoms with Crippen molar-refractivity contribution in [3.63, 3.8) is 0 Å². The maximum absolute atomic E-state index is 13.5. The molecule has 50 heavy (non-hydrogen) atoms. The minimum Gasteiger partial charge on any atom is -0.397 e. The summed E-state index contributed by atoms with van der Waals surface area (Å²) in [4.78, 5) is 0. The Kier molecular flexibility index (Phi) is 7.88. The summed E-state index contributed by atoms with van der Waals surface area (Å²) in [6.45, 7) is 0. The number of halogens is 2. The molecule has 4 unspecified atom stereocenters. The Morgan fingerprint density at radius 2 is 1.00 bits per heavy atom. The second kappa shape index (κ2) is 12.1. The van der Waals surface area contributed by atoms with Crippen molar-refractivity contribution in [2.24, 2.45) is 33.2 Å². The van der Waals surface area contributed by atoms with Gasteiger partial charge in [-0.2, -0.15) is 27.1 Å². The van der Waals surface area contributed by atoms with Crippen LogP contribution in [0.25, 0.3) is 22.5 Å². The van der Waals surface area contributed by atoms with Crippen molar-refractivity contribution in [2.75, 3.05) is 0 Å². The van der Waals surface area contributed by atoms with Gasteiger partial charge in [-0.05, 0) is 34.4 Å². The van der Waals surface area contributed by atoms with Gasteiger partial charge in [-0.3, -0.25) is 9.11 Å². The molecule has 0 radical (unpaired) electrons. The van der Waals surface area contributed by atoms with Gasteiger partial charge in [-0.1, -0.05) is 96.0 Å². The zero-order chi connectivity index (χ0) is 38.0. The van der Waals surface area contributed by atoms with Crippen LogP contribution in [0.15, 0.2) is 107 Å². The van der Waals surface area contributed by atoms with Gasteiger partial charge in [0.15, 0.2) is 9.49 Å². The van der Waals surface area contributed by atoms with E-state index < -0.39 is 41.8 Å². The van der Waals surface area contributed by atoms with Crippen LogP contribution in [-0.2, 0) is 29.7 Å². The molecule has 0 saturated carbocycles. The third kappa shape index (κ3) is 4.68. The molecule has 0 saturated heterocycles. The van der Waals surface area contributed by atoms with Crippen molar-refractivity contribution in [3.8, 4) is 11.1 Å². The molecular weight excluding hydrogens is 727 g/mol. The van der Waals surface area contributed by atoms with E-state index in [1.54, 1.807) is 12.1 Å². The molecular formula is C32H28Cl2N8O6S2. The van der Waals surface area contributed by atoms with Gasteiger partial charge < -0.3 is 22.9 Å². The minimum atomic E-state index is -5.18. The van der Waals surface area contributed by atoms with E-state index in [2.05, 4.69) is 21.3 Å². The molecule has 4 aromatic rings. The van der Waals surface area contributed by atoms with Gasteiger partial charge in [0, 0.05) is 32.3 Å². The van der Waals surface area contributed by atoms with E-state index in [1.165, 1.54) is 72.8 Å². The fraction of sp³-hybridized carbons (Fsp3) is 0.125. The number of nitrogens with one attached hydrogen (secondary N) is 2. The summed E-state index contributed by atoms with van der Waals surface area (Å²) in [6, 6.07) is 17.1. The Balaban J connectivity index is 1.54. The van der Waals surface area contributed by atoms with Crippen molar-refractivity contribution in [1.82, 2.24) is 0 Å². The molecule has 0 heterocycles. The molecule has 4 atom stereocenters. The highest BCUT2D eigenvalue weighted by atomic mass is 35.5. The first-order valence-electron chi connectivity index (χ1n) is 15.3. The lowest BCUT2D eigenvalue weighted by atomic mass is 9.75. The van der Waals surface area contributed by atoms with Gasteiger partial charge in [0.2, 0.25) is 2.82 Å². The summed E-state index contributed by atoms with van der Waals surface area (Å²) >= 11 is 13.7. The van der Waals surface area contributed by atoms with Crippen LogP contribution in [0.5, 0.6) is 0 Å². The van der Waals surface area contributed by atoms with Crippen molar-refractivity contribution >= 4 is 54.8 Å². The molecule has 0 bridgehead atoms. The molecule has 0 aliphatic heterocycles. The van der Waals surface area contributed by atoms with E-state index in [4.69, 9.17) is 49.0 Å². The Morgan fingerprint density at radius 1 is 0.640 bits per heavy atom. The van der Waals surface area contributed by atoms with Crippen LogP contribution in [-0.4, -0.2) is 38.0 Å². The highest BCUT2D eigenvalue weighted by molar-refractivity contribution is 7.87. The second-order valence-electron chi connectivity index (χ2n) is 11.7. The lowest BCUT2D eigenvalue weighted by Crippen LogP contribution is -2.55. The number of hydrogen-bond donors (Lipinski definition) is 8. The van der Waals surface area contributed by atoms with E-state index in [0.717, 1.165) is 0 Å². The molecule has 14 nitrogen and oxygen atoms in total. The molecule has 4 aromatic carbocycles. The third-order valence-corrected chi connectivity index (χ3v) is 13.0. The Morgan fingerprint density at radius 3 is 1.32 bits per heavy atom. The highest BCUT2D eigenvalue weighted by Gasteiger charge is 2.59. The standard InChI is InChI=1S/C32H28Cl2N8O6S2/c33-23-13-15(9-11-21(23)31(49(43,44)45)19-7-3-1-5-17(19)25(35)27(41-39)29(31)37)16-10-12-22(24(34)14-16)32(50(46,47)48)20-8-4-2-6-18(20)26(36)28(42-40)30(32)38/h1-14,29-30,39-40H,35-38H2,(H,43,44,45)(H,46,47,48)/b41-39+,42-40+. The highest BCUT2D eigenvalue weighted by Crippen LogP contribution is 2.53.